The first-order valence-corrected chi connectivity index (χ1v) is 4.65. The van der Waals surface area contributed by atoms with Gasteiger partial charge in [0, 0.05) is 6.04 Å². The van der Waals surface area contributed by atoms with Crippen molar-refractivity contribution in [3.8, 4) is 0 Å². The second-order valence-electron chi connectivity index (χ2n) is 3.49. The minimum atomic E-state index is 0.295. The van der Waals surface area contributed by atoms with Gasteiger partial charge in [-0.15, -0.1) is 0 Å². The summed E-state index contributed by atoms with van der Waals surface area (Å²) in [5, 5.41) is 0. The maximum atomic E-state index is 5.86. The second kappa shape index (κ2) is 4.07. The summed E-state index contributed by atoms with van der Waals surface area (Å²) in [6, 6.07) is 0.295. The molecule has 1 aliphatic rings. The molecule has 0 aromatic carbocycles. The Bertz CT molecular complexity index is 116. The average molecular weight is 157 g/mol. The molecule has 1 saturated carbocycles. The lowest BCUT2D eigenvalue weighted by Gasteiger charge is -2.20. The third-order valence-corrected chi connectivity index (χ3v) is 2.49. The molecule has 0 aliphatic heterocycles. The fraction of sp³-hybridized carbons (Fsp3) is 1.00. The van der Waals surface area contributed by atoms with E-state index in [0.717, 1.165) is 19.3 Å². The highest BCUT2D eigenvalue weighted by Crippen LogP contribution is 2.21. The molecule has 0 radical (unpaired) electrons. The Morgan fingerprint density at radius 2 is 2.27 bits per heavy atom. The predicted molar refractivity (Wildman–Crippen MR) is 46.5 cm³/mol. The molecule has 0 aromatic rings. The highest BCUT2D eigenvalue weighted by Gasteiger charge is 2.25. The van der Waals surface area contributed by atoms with Crippen LogP contribution < -0.4 is 5.73 Å². The molecule has 0 bridgehead atoms. The van der Waals surface area contributed by atoms with Crippen LogP contribution in [0.3, 0.4) is 0 Å². The number of ether oxygens (including phenoxy) is 1. The van der Waals surface area contributed by atoms with Gasteiger partial charge in [-0.1, -0.05) is 6.92 Å². The molecule has 3 unspecified atom stereocenters. The van der Waals surface area contributed by atoms with Crippen LogP contribution in [-0.2, 0) is 4.74 Å². The zero-order chi connectivity index (χ0) is 8.27. The van der Waals surface area contributed by atoms with Gasteiger partial charge in [-0.3, -0.25) is 0 Å². The molecule has 3 atom stereocenters. The molecule has 1 rings (SSSR count). The summed E-state index contributed by atoms with van der Waals surface area (Å²) in [5.41, 5.74) is 5.86. The highest BCUT2D eigenvalue weighted by molar-refractivity contribution is 4.81. The van der Waals surface area contributed by atoms with E-state index in [1.165, 1.54) is 6.42 Å². The maximum Gasteiger partial charge on any atom is 0.0729 e. The van der Waals surface area contributed by atoms with Crippen LogP contribution >= 0.6 is 0 Å². The van der Waals surface area contributed by atoms with E-state index in [0.29, 0.717) is 18.2 Å². The van der Waals surface area contributed by atoms with Crippen molar-refractivity contribution in [2.45, 2.75) is 57.8 Å². The van der Waals surface area contributed by atoms with Crippen molar-refractivity contribution in [3.63, 3.8) is 0 Å². The summed E-state index contributed by atoms with van der Waals surface area (Å²) in [6.07, 6.45) is 5.34. The maximum absolute atomic E-state index is 5.86. The number of rotatable bonds is 3. The van der Waals surface area contributed by atoms with Gasteiger partial charge in [0.15, 0.2) is 0 Å². The van der Waals surface area contributed by atoms with E-state index in [1.807, 2.05) is 0 Å². The number of hydrogen-bond donors (Lipinski definition) is 1. The van der Waals surface area contributed by atoms with Crippen molar-refractivity contribution in [2.24, 2.45) is 5.73 Å². The quantitative estimate of drug-likeness (QED) is 0.676. The number of hydrogen-bond acceptors (Lipinski definition) is 2. The molecular weight excluding hydrogens is 138 g/mol. The van der Waals surface area contributed by atoms with Crippen molar-refractivity contribution in [1.29, 1.82) is 0 Å². The van der Waals surface area contributed by atoms with Crippen LogP contribution in [0.2, 0.25) is 0 Å². The molecule has 11 heavy (non-hydrogen) atoms. The van der Waals surface area contributed by atoms with Crippen LogP contribution in [0.1, 0.15) is 39.5 Å². The van der Waals surface area contributed by atoms with Crippen LogP contribution in [0.4, 0.5) is 0 Å². The molecule has 2 nitrogen and oxygen atoms in total. The van der Waals surface area contributed by atoms with Crippen molar-refractivity contribution in [3.05, 3.63) is 0 Å². The monoisotopic (exact) mass is 157 g/mol. The Labute approximate surface area is 69.1 Å². The molecule has 1 aliphatic carbocycles. The minimum absolute atomic E-state index is 0.295. The van der Waals surface area contributed by atoms with Gasteiger partial charge in [0.05, 0.1) is 12.2 Å². The summed E-state index contributed by atoms with van der Waals surface area (Å²) in [6.45, 7) is 4.26. The SMILES string of the molecule is CCC(C)OC1CCCC1N. The van der Waals surface area contributed by atoms with Crippen LogP contribution in [-0.4, -0.2) is 18.2 Å². The van der Waals surface area contributed by atoms with E-state index in [-0.39, 0.29) is 0 Å². The fourth-order valence-corrected chi connectivity index (χ4v) is 1.52. The third kappa shape index (κ3) is 2.46. The van der Waals surface area contributed by atoms with E-state index >= 15 is 0 Å². The smallest absolute Gasteiger partial charge is 0.0729 e. The topological polar surface area (TPSA) is 35.2 Å². The fourth-order valence-electron chi connectivity index (χ4n) is 1.52. The molecular formula is C9H19NO. The van der Waals surface area contributed by atoms with Gasteiger partial charge in [-0.05, 0) is 32.6 Å². The zero-order valence-electron chi connectivity index (χ0n) is 7.55. The first-order chi connectivity index (χ1) is 5.24. The first-order valence-electron chi connectivity index (χ1n) is 4.65. The minimum Gasteiger partial charge on any atom is -0.374 e. The lowest BCUT2D eigenvalue weighted by atomic mass is 10.2. The lowest BCUT2D eigenvalue weighted by Crippen LogP contribution is -2.33. The van der Waals surface area contributed by atoms with Crippen molar-refractivity contribution < 1.29 is 4.74 Å². The van der Waals surface area contributed by atoms with Gasteiger partial charge in [-0.25, -0.2) is 0 Å². The normalized spacial score (nSPS) is 34.1. The van der Waals surface area contributed by atoms with E-state index in [4.69, 9.17) is 10.5 Å². The summed E-state index contributed by atoms with van der Waals surface area (Å²) < 4.78 is 5.75. The lowest BCUT2D eigenvalue weighted by molar-refractivity contribution is -0.00718. The van der Waals surface area contributed by atoms with E-state index in [2.05, 4.69) is 13.8 Å². The Kier molecular flexibility index (Phi) is 3.34. The van der Waals surface area contributed by atoms with E-state index in [9.17, 15) is 0 Å². The predicted octanol–water partition coefficient (Wildman–Crippen LogP) is 1.68. The summed E-state index contributed by atoms with van der Waals surface area (Å²) in [4.78, 5) is 0. The van der Waals surface area contributed by atoms with Crippen molar-refractivity contribution in [1.82, 2.24) is 0 Å². The molecule has 2 heteroatoms. The van der Waals surface area contributed by atoms with Gasteiger partial charge >= 0.3 is 0 Å². The second-order valence-corrected chi connectivity index (χ2v) is 3.49. The first kappa shape index (κ1) is 9.01. The Hall–Kier alpha value is -0.0800. The molecule has 1 fully saturated rings. The van der Waals surface area contributed by atoms with Crippen LogP contribution in [0, 0.1) is 0 Å². The van der Waals surface area contributed by atoms with Crippen LogP contribution in [0.25, 0.3) is 0 Å². The van der Waals surface area contributed by atoms with Gasteiger partial charge in [0.1, 0.15) is 0 Å². The molecule has 0 heterocycles. The Balaban J connectivity index is 2.24. The molecule has 0 spiro atoms. The van der Waals surface area contributed by atoms with E-state index < -0.39 is 0 Å². The molecule has 66 valence electrons. The van der Waals surface area contributed by atoms with Gasteiger partial charge in [-0.2, -0.15) is 0 Å². The van der Waals surface area contributed by atoms with Gasteiger partial charge < -0.3 is 10.5 Å². The summed E-state index contributed by atoms with van der Waals surface area (Å²) in [5.74, 6) is 0. The van der Waals surface area contributed by atoms with E-state index in [1.54, 1.807) is 0 Å². The standard InChI is InChI=1S/C9H19NO/c1-3-7(2)11-9-6-4-5-8(9)10/h7-9H,3-6,10H2,1-2H3. The average Bonchev–Trinajstić information content (AvgIpc) is 2.37. The van der Waals surface area contributed by atoms with Crippen molar-refractivity contribution >= 4 is 0 Å². The summed E-state index contributed by atoms with van der Waals surface area (Å²) in [7, 11) is 0. The molecule has 0 amide bonds. The van der Waals surface area contributed by atoms with Gasteiger partial charge in [0.2, 0.25) is 0 Å². The number of nitrogens with two attached hydrogens (primary N) is 1. The van der Waals surface area contributed by atoms with Crippen LogP contribution in [0.15, 0.2) is 0 Å². The molecule has 2 N–H and O–H groups in total. The zero-order valence-corrected chi connectivity index (χ0v) is 7.55. The van der Waals surface area contributed by atoms with Crippen LogP contribution in [0.5, 0.6) is 0 Å². The Morgan fingerprint density at radius 1 is 1.55 bits per heavy atom. The van der Waals surface area contributed by atoms with Gasteiger partial charge in [0.25, 0.3) is 0 Å². The third-order valence-electron chi connectivity index (χ3n) is 2.49. The molecule has 0 saturated heterocycles. The van der Waals surface area contributed by atoms with Crippen molar-refractivity contribution in [2.75, 3.05) is 0 Å². The highest BCUT2D eigenvalue weighted by atomic mass is 16.5. The summed E-state index contributed by atoms with van der Waals surface area (Å²) >= 11 is 0. The Morgan fingerprint density at radius 3 is 2.73 bits per heavy atom. The largest absolute Gasteiger partial charge is 0.374 e. The molecule has 0 aromatic heterocycles.